The molecule has 2 aromatic carbocycles. The van der Waals surface area contributed by atoms with Crippen molar-refractivity contribution >= 4 is 16.6 Å². The summed E-state index contributed by atoms with van der Waals surface area (Å²) in [5.41, 5.74) is 11.1. The normalized spacial score (nSPS) is 10.9. The van der Waals surface area contributed by atoms with Gasteiger partial charge in [-0.1, -0.05) is 0 Å². The summed E-state index contributed by atoms with van der Waals surface area (Å²) in [7, 11) is 0. The van der Waals surface area contributed by atoms with Crippen molar-refractivity contribution in [3.05, 3.63) is 53.2 Å². The van der Waals surface area contributed by atoms with Gasteiger partial charge in [-0.15, -0.1) is 0 Å². The summed E-state index contributed by atoms with van der Waals surface area (Å²) in [6.45, 7) is 6.11. The number of ether oxygens (including phenoxy) is 1. The molecule has 0 saturated heterocycles. The maximum absolute atomic E-state index is 6.06. The highest BCUT2D eigenvalue weighted by Crippen LogP contribution is 2.32. The van der Waals surface area contributed by atoms with Crippen LogP contribution in [0.3, 0.4) is 0 Å². The van der Waals surface area contributed by atoms with E-state index in [1.54, 1.807) is 0 Å². The average molecular weight is 266 g/mol. The van der Waals surface area contributed by atoms with Crippen molar-refractivity contribution in [2.75, 3.05) is 5.73 Å². The number of aromatic amines is 1. The zero-order chi connectivity index (χ0) is 14.3. The Morgan fingerprint density at radius 2 is 1.65 bits per heavy atom. The number of benzene rings is 2. The predicted molar refractivity (Wildman–Crippen MR) is 83.4 cm³/mol. The highest BCUT2D eigenvalue weighted by molar-refractivity contribution is 5.84. The van der Waals surface area contributed by atoms with E-state index in [4.69, 9.17) is 10.5 Å². The molecule has 0 radical (unpaired) electrons. The number of fused-ring (bicyclic) bond motifs is 1. The average Bonchev–Trinajstić information content (AvgIpc) is 2.75. The summed E-state index contributed by atoms with van der Waals surface area (Å²) >= 11 is 0. The van der Waals surface area contributed by atoms with Crippen molar-refractivity contribution in [3.63, 3.8) is 0 Å². The quantitative estimate of drug-likeness (QED) is 0.672. The lowest BCUT2D eigenvalue weighted by molar-refractivity contribution is 0.476. The molecular formula is C17H18N2O. The minimum absolute atomic E-state index is 0.768. The molecule has 0 aliphatic carbocycles. The molecular weight excluding hydrogens is 248 g/mol. The van der Waals surface area contributed by atoms with Gasteiger partial charge in [-0.05, 0) is 67.8 Å². The number of anilines is 1. The van der Waals surface area contributed by atoms with Crippen molar-refractivity contribution in [1.82, 2.24) is 4.98 Å². The molecule has 0 amide bonds. The van der Waals surface area contributed by atoms with Crippen molar-refractivity contribution < 1.29 is 4.74 Å². The number of hydrogen-bond donors (Lipinski definition) is 2. The molecule has 0 bridgehead atoms. The number of nitrogens with two attached hydrogens (primary N) is 1. The number of nitrogen functional groups attached to an aromatic ring is 1. The van der Waals surface area contributed by atoms with Crippen LogP contribution in [0.2, 0.25) is 0 Å². The van der Waals surface area contributed by atoms with Gasteiger partial charge >= 0.3 is 0 Å². The molecule has 1 heterocycles. The Kier molecular flexibility index (Phi) is 2.90. The van der Waals surface area contributed by atoms with E-state index < -0.39 is 0 Å². The van der Waals surface area contributed by atoms with E-state index >= 15 is 0 Å². The van der Waals surface area contributed by atoms with Crippen LogP contribution in [0.5, 0.6) is 11.5 Å². The van der Waals surface area contributed by atoms with Crippen LogP contribution in [0.25, 0.3) is 10.9 Å². The minimum atomic E-state index is 0.768. The molecule has 3 heteroatoms. The molecule has 0 fully saturated rings. The van der Waals surface area contributed by atoms with Crippen LogP contribution in [0.1, 0.15) is 16.7 Å². The van der Waals surface area contributed by atoms with Gasteiger partial charge in [0, 0.05) is 22.8 Å². The van der Waals surface area contributed by atoms with Gasteiger partial charge in [-0.2, -0.15) is 0 Å². The monoisotopic (exact) mass is 266 g/mol. The third-order valence-corrected chi connectivity index (χ3v) is 3.56. The first-order valence-corrected chi connectivity index (χ1v) is 6.67. The van der Waals surface area contributed by atoms with Gasteiger partial charge < -0.3 is 15.5 Å². The van der Waals surface area contributed by atoms with Crippen LogP contribution < -0.4 is 10.5 Å². The Labute approximate surface area is 118 Å². The highest BCUT2D eigenvalue weighted by atomic mass is 16.5. The van der Waals surface area contributed by atoms with E-state index in [-0.39, 0.29) is 0 Å². The summed E-state index contributed by atoms with van der Waals surface area (Å²) < 4.78 is 6.06. The van der Waals surface area contributed by atoms with Crippen LogP contribution >= 0.6 is 0 Å². The van der Waals surface area contributed by atoms with E-state index in [0.29, 0.717) is 0 Å². The number of aromatic nitrogens is 1. The fourth-order valence-electron chi connectivity index (χ4n) is 2.57. The van der Waals surface area contributed by atoms with Crippen LogP contribution in [-0.2, 0) is 0 Å². The first-order valence-electron chi connectivity index (χ1n) is 6.67. The van der Waals surface area contributed by atoms with Gasteiger partial charge in [0.2, 0.25) is 0 Å². The molecule has 3 aromatic rings. The summed E-state index contributed by atoms with van der Waals surface area (Å²) in [5.74, 6) is 1.72. The molecule has 0 saturated carbocycles. The van der Waals surface area contributed by atoms with E-state index in [2.05, 4.69) is 18.0 Å². The fourth-order valence-corrected chi connectivity index (χ4v) is 2.57. The topological polar surface area (TPSA) is 51.0 Å². The Morgan fingerprint density at radius 1 is 0.950 bits per heavy atom. The molecule has 0 aliphatic rings. The third kappa shape index (κ3) is 2.11. The highest BCUT2D eigenvalue weighted by Gasteiger charge is 2.08. The zero-order valence-corrected chi connectivity index (χ0v) is 11.9. The van der Waals surface area contributed by atoms with Crippen LogP contribution in [0, 0.1) is 20.8 Å². The van der Waals surface area contributed by atoms with Crippen molar-refractivity contribution in [1.29, 1.82) is 0 Å². The largest absolute Gasteiger partial charge is 0.457 e. The summed E-state index contributed by atoms with van der Waals surface area (Å²) in [6.07, 6.45) is 2.01. The minimum Gasteiger partial charge on any atom is -0.457 e. The predicted octanol–water partition coefficient (Wildman–Crippen LogP) is 4.47. The second-order valence-electron chi connectivity index (χ2n) is 5.26. The molecule has 3 rings (SSSR count). The van der Waals surface area contributed by atoms with E-state index in [9.17, 15) is 0 Å². The second kappa shape index (κ2) is 4.60. The lowest BCUT2D eigenvalue weighted by Crippen LogP contribution is -1.94. The summed E-state index contributed by atoms with van der Waals surface area (Å²) in [6, 6.07) is 9.95. The third-order valence-electron chi connectivity index (χ3n) is 3.56. The van der Waals surface area contributed by atoms with Crippen molar-refractivity contribution in [3.8, 4) is 11.5 Å². The molecule has 1 aromatic heterocycles. The van der Waals surface area contributed by atoms with Gasteiger partial charge in [0.15, 0.2) is 0 Å². The molecule has 0 spiro atoms. The van der Waals surface area contributed by atoms with Crippen LogP contribution in [-0.4, -0.2) is 4.98 Å². The number of aryl methyl sites for hydroxylation is 3. The molecule has 0 aliphatic heterocycles. The Morgan fingerprint density at radius 3 is 2.35 bits per heavy atom. The number of H-pyrrole nitrogens is 1. The maximum atomic E-state index is 6.06. The first kappa shape index (κ1) is 12.6. The SMILES string of the molecule is Cc1cc(N)cc(C)c1Oc1ccc2[nH]cc(C)c2c1. The smallest absolute Gasteiger partial charge is 0.133 e. The Bertz CT molecular complexity index is 764. The van der Waals surface area contributed by atoms with Crippen molar-refractivity contribution in [2.45, 2.75) is 20.8 Å². The Balaban J connectivity index is 2.03. The molecule has 0 atom stereocenters. The standard InChI is InChI=1S/C17H18N2O/c1-10-6-13(18)7-11(2)17(10)20-14-4-5-16-15(8-14)12(3)9-19-16/h4-9,19H,18H2,1-3H3. The number of rotatable bonds is 2. The molecule has 3 N–H and O–H groups in total. The summed E-state index contributed by atoms with van der Waals surface area (Å²) in [5, 5.41) is 1.19. The van der Waals surface area contributed by atoms with Gasteiger partial charge in [-0.25, -0.2) is 0 Å². The first-order chi connectivity index (χ1) is 9.54. The Hall–Kier alpha value is -2.42. The molecule has 0 unspecified atom stereocenters. The summed E-state index contributed by atoms with van der Waals surface area (Å²) in [4.78, 5) is 3.24. The lowest BCUT2D eigenvalue weighted by atomic mass is 10.1. The second-order valence-corrected chi connectivity index (χ2v) is 5.26. The van der Waals surface area contributed by atoms with Gasteiger partial charge in [0.25, 0.3) is 0 Å². The molecule has 102 valence electrons. The van der Waals surface area contributed by atoms with Gasteiger partial charge in [-0.3, -0.25) is 0 Å². The molecule has 20 heavy (non-hydrogen) atoms. The number of hydrogen-bond acceptors (Lipinski definition) is 2. The number of nitrogens with one attached hydrogen (secondary N) is 1. The maximum Gasteiger partial charge on any atom is 0.133 e. The zero-order valence-electron chi connectivity index (χ0n) is 11.9. The van der Waals surface area contributed by atoms with E-state index in [1.165, 1.54) is 10.9 Å². The van der Waals surface area contributed by atoms with Crippen LogP contribution in [0.4, 0.5) is 5.69 Å². The van der Waals surface area contributed by atoms with Crippen LogP contribution in [0.15, 0.2) is 36.5 Å². The fraction of sp³-hybridized carbons (Fsp3) is 0.176. The van der Waals surface area contributed by atoms with Crippen molar-refractivity contribution in [2.24, 2.45) is 0 Å². The van der Waals surface area contributed by atoms with E-state index in [0.717, 1.165) is 33.8 Å². The van der Waals surface area contributed by atoms with Gasteiger partial charge in [0.1, 0.15) is 11.5 Å². The van der Waals surface area contributed by atoms with Gasteiger partial charge in [0.05, 0.1) is 0 Å². The van der Waals surface area contributed by atoms with E-state index in [1.807, 2.05) is 44.3 Å². The lowest BCUT2D eigenvalue weighted by Gasteiger charge is -2.13. The molecule has 3 nitrogen and oxygen atoms in total.